The molecule has 0 spiro atoms. The van der Waals surface area contributed by atoms with Gasteiger partial charge in [-0.15, -0.1) is 0 Å². The Bertz CT molecular complexity index is 910. The Kier molecular flexibility index (Phi) is 6.88. The maximum atomic E-state index is 5.99. The van der Waals surface area contributed by atoms with Crippen LogP contribution in [0.25, 0.3) is 11.3 Å². The Morgan fingerprint density at radius 1 is 0.821 bits per heavy atom. The van der Waals surface area contributed by atoms with E-state index in [1.165, 1.54) is 27.8 Å². The van der Waals surface area contributed by atoms with Crippen LogP contribution in [0.1, 0.15) is 41.8 Å². The van der Waals surface area contributed by atoms with Crippen molar-refractivity contribution in [3.63, 3.8) is 0 Å². The van der Waals surface area contributed by atoms with Crippen molar-refractivity contribution in [1.29, 1.82) is 0 Å². The van der Waals surface area contributed by atoms with Gasteiger partial charge < -0.3 is 0 Å². The van der Waals surface area contributed by atoms with Crippen LogP contribution < -0.4 is 0 Å². The third-order valence-corrected chi connectivity index (χ3v) is 5.51. The molecule has 0 radical (unpaired) electrons. The molecule has 3 heteroatoms. The minimum Gasteiger partial charge on any atom is -0.298 e. The lowest BCUT2D eigenvalue weighted by atomic mass is 9.94. The number of halogens is 1. The number of nitrogens with zero attached hydrogens (tertiary/aromatic N) is 2. The predicted octanol–water partition coefficient (Wildman–Crippen LogP) is 6.47. The minimum absolute atomic E-state index is 0.779. The lowest BCUT2D eigenvalue weighted by Crippen LogP contribution is -2.18. The first-order valence-corrected chi connectivity index (χ1v) is 10.4. The number of rotatable bonds is 7. The van der Waals surface area contributed by atoms with Crippen molar-refractivity contribution in [3.8, 4) is 11.3 Å². The van der Waals surface area contributed by atoms with Crippen LogP contribution in [0.2, 0.25) is 5.02 Å². The summed E-state index contributed by atoms with van der Waals surface area (Å²) >= 11 is 5.99. The van der Waals surface area contributed by atoms with Crippen LogP contribution in [-0.4, -0.2) is 16.9 Å². The molecule has 0 saturated carbocycles. The van der Waals surface area contributed by atoms with Crippen molar-refractivity contribution in [2.24, 2.45) is 0 Å². The number of aryl methyl sites for hydroxylation is 3. The van der Waals surface area contributed by atoms with Gasteiger partial charge in [0, 0.05) is 29.4 Å². The maximum absolute atomic E-state index is 5.99. The summed E-state index contributed by atoms with van der Waals surface area (Å²) in [6, 6.07) is 19.1. The molecule has 3 aromatic rings. The average Bonchev–Trinajstić information content (AvgIpc) is 2.70. The predicted molar refractivity (Wildman–Crippen MR) is 120 cm³/mol. The lowest BCUT2D eigenvalue weighted by Gasteiger charge is -2.19. The lowest BCUT2D eigenvalue weighted by molar-refractivity contribution is 0.318. The fourth-order valence-corrected chi connectivity index (χ4v) is 3.84. The molecule has 1 heterocycles. The second-order valence-corrected chi connectivity index (χ2v) is 7.83. The van der Waals surface area contributed by atoms with E-state index in [0.717, 1.165) is 42.3 Å². The summed E-state index contributed by atoms with van der Waals surface area (Å²) in [5.41, 5.74) is 8.80. The van der Waals surface area contributed by atoms with E-state index in [-0.39, 0.29) is 0 Å². The van der Waals surface area contributed by atoms with Gasteiger partial charge in [0.2, 0.25) is 0 Å². The highest BCUT2D eigenvalue weighted by atomic mass is 35.5. The van der Waals surface area contributed by atoms with Gasteiger partial charge in [0.15, 0.2) is 0 Å². The SMILES string of the molecule is CCc1cccc(CC)c1-c1ccc(CN(C)Cc2ccc(Cl)cc2)c(C)n1. The van der Waals surface area contributed by atoms with Gasteiger partial charge in [0.05, 0.1) is 5.69 Å². The fraction of sp³-hybridized carbons (Fsp3) is 0.320. The van der Waals surface area contributed by atoms with Gasteiger partial charge >= 0.3 is 0 Å². The van der Waals surface area contributed by atoms with Crippen molar-refractivity contribution < 1.29 is 0 Å². The molecular weight excluding hydrogens is 364 g/mol. The van der Waals surface area contributed by atoms with Crippen LogP contribution >= 0.6 is 11.6 Å². The van der Waals surface area contributed by atoms with Crippen LogP contribution in [-0.2, 0) is 25.9 Å². The van der Waals surface area contributed by atoms with E-state index in [9.17, 15) is 0 Å². The molecule has 3 rings (SSSR count). The third-order valence-electron chi connectivity index (χ3n) is 5.26. The highest BCUT2D eigenvalue weighted by Gasteiger charge is 2.12. The van der Waals surface area contributed by atoms with Crippen LogP contribution in [0.15, 0.2) is 54.6 Å². The van der Waals surface area contributed by atoms with Gasteiger partial charge in [-0.3, -0.25) is 9.88 Å². The molecule has 0 aliphatic rings. The van der Waals surface area contributed by atoms with Gasteiger partial charge in [-0.05, 0) is 67.3 Å². The molecular formula is C25H29ClN2. The third kappa shape index (κ3) is 4.81. The van der Waals surface area contributed by atoms with Gasteiger partial charge in [0.1, 0.15) is 0 Å². The summed E-state index contributed by atoms with van der Waals surface area (Å²) in [4.78, 5) is 7.30. The molecule has 0 bridgehead atoms. The second-order valence-electron chi connectivity index (χ2n) is 7.40. The number of hydrogen-bond donors (Lipinski definition) is 0. The second kappa shape index (κ2) is 9.36. The molecule has 0 fully saturated rings. The summed E-state index contributed by atoms with van der Waals surface area (Å²) < 4.78 is 0. The summed E-state index contributed by atoms with van der Waals surface area (Å²) in [5, 5.41) is 0.779. The Labute approximate surface area is 174 Å². The highest BCUT2D eigenvalue weighted by Crippen LogP contribution is 2.28. The topological polar surface area (TPSA) is 16.1 Å². The first-order valence-electron chi connectivity index (χ1n) is 10.0. The zero-order valence-corrected chi connectivity index (χ0v) is 18.1. The van der Waals surface area contributed by atoms with Crippen LogP contribution in [0.5, 0.6) is 0 Å². The van der Waals surface area contributed by atoms with Gasteiger partial charge in [0.25, 0.3) is 0 Å². The van der Waals surface area contributed by atoms with Crippen LogP contribution in [0.3, 0.4) is 0 Å². The molecule has 0 unspecified atom stereocenters. The van der Waals surface area contributed by atoms with E-state index in [4.69, 9.17) is 16.6 Å². The van der Waals surface area contributed by atoms with Crippen molar-refractivity contribution in [1.82, 2.24) is 9.88 Å². The average molecular weight is 393 g/mol. The van der Waals surface area contributed by atoms with E-state index in [0.29, 0.717) is 0 Å². The fourth-order valence-electron chi connectivity index (χ4n) is 3.72. The molecule has 28 heavy (non-hydrogen) atoms. The molecule has 0 aliphatic heterocycles. The van der Waals surface area contributed by atoms with Crippen molar-refractivity contribution in [2.75, 3.05) is 7.05 Å². The van der Waals surface area contributed by atoms with Gasteiger partial charge in [-0.25, -0.2) is 0 Å². The first kappa shape index (κ1) is 20.6. The molecule has 0 amide bonds. The van der Waals surface area contributed by atoms with E-state index in [1.807, 2.05) is 12.1 Å². The van der Waals surface area contributed by atoms with Crippen molar-refractivity contribution in [3.05, 3.63) is 87.6 Å². The Balaban J connectivity index is 1.80. The first-order chi connectivity index (χ1) is 13.5. The number of aromatic nitrogens is 1. The molecule has 146 valence electrons. The molecule has 2 aromatic carbocycles. The molecule has 0 saturated heterocycles. The zero-order chi connectivity index (χ0) is 20.1. The smallest absolute Gasteiger partial charge is 0.0710 e. The molecule has 0 atom stereocenters. The van der Waals surface area contributed by atoms with Gasteiger partial charge in [-0.1, -0.05) is 61.8 Å². The van der Waals surface area contributed by atoms with Crippen molar-refractivity contribution >= 4 is 11.6 Å². The standard InChI is InChI=1S/C25H29ClN2/c1-5-20-8-7-9-21(6-2)25(20)24-15-12-22(18(3)27-24)17-28(4)16-19-10-13-23(26)14-11-19/h7-15H,5-6,16-17H2,1-4H3. The summed E-state index contributed by atoms with van der Waals surface area (Å²) in [5.74, 6) is 0. The summed E-state index contributed by atoms with van der Waals surface area (Å²) in [6.45, 7) is 8.31. The maximum Gasteiger partial charge on any atom is 0.0710 e. The normalized spacial score (nSPS) is 11.2. The Hall–Kier alpha value is -2.16. The number of benzene rings is 2. The zero-order valence-electron chi connectivity index (χ0n) is 17.3. The molecule has 0 aliphatic carbocycles. The van der Waals surface area contributed by atoms with E-state index >= 15 is 0 Å². The number of pyridine rings is 1. The Morgan fingerprint density at radius 3 is 2.04 bits per heavy atom. The molecule has 2 nitrogen and oxygen atoms in total. The monoisotopic (exact) mass is 392 g/mol. The molecule has 0 N–H and O–H groups in total. The summed E-state index contributed by atoms with van der Waals surface area (Å²) in [6.07, 6.45) is 2.05. The van der Waals surface area contributed by atoms with Gasteiger partial charge in [-0.2, -0.15) is 0 Å². The van der Waals surface area contributed by atoms with Crippen LogP contribution in [0, 0.1) is 6.92 Å². The van der Waals surface area contributed by atoms with E-state index in [2.05, 4.69) is 75.2 Å². The quantitative estimate of drug-likeness (QED) is 0.458. The van der Waals surface area contributed by atoms with Crippen molar-refractivity contribution in [2.45, 2.75) is 46.7 Å². The van der Waals surface area contributed by atoms with Crippen LogP contribution in [0.4, 0.5) is 0 Å². The highest BCUT2D eigenvalue weighted by molar-refractivity contribution is 6.30. The van der Waals surface area contributed by atoms with E-state index in [1.54, 1.807) is 0 Å². The number of hydrogen-bond acceptors (Lipinski definition) is 2. The summed E-state index contributed by atoms with van der Waals surface area (Å²) in [7, 11) is 2.14. The Morgan fingerprint density at radius 2 is 1.46 bits per heavy atom. The minimum atomic E-state index is 0.779. The molecule has 1 aromatic heterocycles. The largest absolute Gasteiger partial charge is 0.298 e. The van der Waals surface area contributed by atoms with E-state index < -0.39 is 0 Å².